The van der Waals surface area contributed by atoms with E-state index in [1.807, 2.05) is 6.07 Å². The number of methoxy groups -OCH3 is 1. The zero-order valence-corrected chi connectivity index (χ0v) is 18.2. The number of ether oxygens (including phenoxy) is 1. The average Bonchev–Trinajstić information content (AvgIpc) is 3.34. The molecule has 0 N–H and O–H groups in total. The molecule has 4 rings (SSSR count). The van der Waals surface area contributed by atoms with Crippen LogP contribution in [0.15, 0.2) is 76.4 Å². The molecular formula is C25H28O2Si. The first-order chi connectivity index (χ1) is 13.5. The summed E-state index contributed by atoms with van der Waals surface area (Å²) in [6.45, 7) is 7.11. The normalized spacial score (nSPS) is 15.5. The molecule has 0 fully saturated rings. The third-order valence-electron chi connectivity index (χ3n) is 5.40. The maximum Gasteiger partial charge on any atom is 0.142 e. The lowest BCUT2D eigenvalue weighted by Crippen LogP contribution is -2.25. The van der Waals surface area contributed by atoms with E-state index in [2.05, 4.69) is 74.2 Å². The molecule has 28 heavy (non-hydrogen) atoms. The molecule has 1 aromatic heterocycles. The van der Waals surface area contributed by atoms with Crippen LogP contribution in [-0.4, -0.2) is 15.2 Å². The molecule has 0 bridgehead atoms. The molecule has 0 atom stereocenters. The Morgan fingerprint density at radius 1 is 0.929 bits per heavy atom. The Morgan fingerprint density at radius 3 is 2.21 bits per heavy atom. The minimum Gasteiger partial charge on any atom is -0.496 e. The number of hydrogen-bond donors (Lipinski definition) is 0. The fourth-order valence-electron chi connectivity index (χ4n) is 4.14. The lowest BCUT2D eigenvalue weighted by molar-refractivity contribution is 0.301. The number of allylic oxidation sites excluding steroid dienone is 2. The van der Waals surface area contributed by atoms with Crippen molar-refractivity contribution in [1.29, 1.82) is 0 Å². The molecule has 0 unspecified atom stereocenters. The van der Waals surface area contributed by atoms with Crippen LogP contribution in [-0.2, 0) is 4.74 Å². The second kappa shape index (κ2) is 7.48. The number of benzene rings is 2. The van der Waals surface area contributed by atoms with Gasteiger partial charge in [-0.1, -0.05) is 80.3 Å². The van der Waals surface area contributed by atoms with Crippen LogP contribution in [0.4, 0.5) is 0 Å². The fraction of sp³-hybridized carbons (Fsp3) is 0.280. The Hall–Kier alpha value is -2.52. The quantitative estimate of drug-likeness (QED) is 0.334. The topological polar surface area (TPSA) is 22.4 Å². The van der Waals surface area contributed by atoms with E-state index >= 15 is 0 Å². The predicted molar refractivity (Wildman–Crippen MR) is 121 cm³/mol. The van der Waals surface area contributed by atoms with Crippen molar-refractivity contribution < 1.29 is 9.15 Å². The molecule has 1 aliphatic rings. The molecule has 2 aromatic carbocycles. The van der Waals surface area contributed by atoms with Gasteiger partial charge in [-0.2, -0.15) is 0 Å². The molecule has 144 valence electrons. The first kappa shape index (κ1) is 18.8. The second-order valence-electron chi connectivity index (χ2n) is 8.45. The fourth-order valence-corrected chi connectivity index (χ4v) is 5.95. The Balaban J connectivity index is 2.03. The van der Waals surface area contributed by atoms with Crippen LogP contribution < -0.4 is 0 Å². The highest BCUT2D eigenvalue weighted by Crippen LogP contribution is 2.43. The van der Waals surface area contributed by atoms with Crippen LogP contribution in [0.5, 0.6) is 0 Å². The maximum absolute atomic E-state index is 6.65. The molecule has 0 spiro atoms. The van der Waals surface area contributed by atoms with Gasteiger partial charge in [-0.05, 0) is 24.8 Å². The Labute approximate surface area is 168 Å². The third-order valence-corrected chi connectivity index (χ3v) is 7.35. The summed E-state index contributed by atoms with van der Waals surface area (Å²) < 4.78 is 12.7. The van der Waals surface area contributed by atoms with Crippen molar-refractivity contribution in [3.8, 4) is 11.3 Å². The minimum absolute atomic E-state index is 0.942. The summed E-state index contributed by atoms with van der Waals surface area (Å²) in [6.07, 6.45) is 5.76. The number of hydrogen-bond acceptors (Lipinski definition) is 2. The monoisotopic (exact) mass is 388 g/mol. The SMILES string of the molecule is CO/C(C1=CCCC1)=C(\c1oc(-c2ccccc2)c2ccccc12)[Si](C)(C)C. The van der Waals surface area contributed by atoms with Gasteiger partial charge >= 0.3 is 0 Å². The van der Waals surface area contributed by atoms with Crippen molar-refractivity contribution in [1.82, 2.24) is 0 Å². The van der Waals surface area contributed by atoms with E-state index in [4.69, 9.17) is 9.15 Å². The number of rotatable bonds is 5. The van der Waals surface area contributed by atoms with Gasteiger partial charge in [0.2, 0.25) is 0 Å². The van der Waals surface area contributed by atoms with E-state index in [-0.39, 0.29) is 0 Å². The van der Waals surface area contributed by atoms with E-state index < -0.39 is 8.07 Å². The van der Waals surface area contributed by atoms with E-state index in [9.17, 15) is 0 Å². The largest absolute Gasteiger partial charge is 0.496 e. The van der Waals surface area contributed by atoms with Crippen molar-refractivity contribution in [2.75, 3.05) is 7.11 Å². The maximum atomic E-state index is 6.65. The van der Waals surface area contributed by atoms with Crippen LogP contribution in [0, 0.1) is 0 Å². The van der Waals surface area contributed by atoms with Gasteiger partial charge in [-0.25, -0.2) is 0 Å². The van der Waals surface area contributed by atoms with Gasteiger partial charge in [0.15, 0.2) is 0 Å². The van der Waals surface area contributed by atoms with Crippen LogP contribution in [0.1, 0.15) is 25.0 Å². The molecule has 0 saturated heterocycles. The van der Waals surface area contributed by atoms with Gasteiger partial charge in [0.05, 0.1) is 15.2 Å². The van der Waals surface area contributed by atoms with E-state index in [0.717, 1.165) is 41.1 Å². The molecule has 1 heterocycles. The summed E-state index contributed by atoms with van der Waals surface area (Å²) in [5, 5.41) is 3.61. The summed E-state index contributed by atoms with van der Waals surface area (Å²) in [5.41, 5.74) is 2.44. The highest BCUT2D eigenvalue weighted by molar-refractivity contribution is 6.94. The van der Waals surface area contributed by atoms with Gasteiger partial charge in [-0.15, -0.1) is 0 Å². The first-order valence-corrected chi connectivity index (χ1v) is 13.6. The van der Waals surface area contributed by atoms with Crippen LogP contribution in [0.3, 0.4) is 0 Å². The third kappa shape index (κ3) is 3.35. The van der Waals surface area contributed by atoms with E-state index in [1.54, 1.807) is 7.11 Å². The standard InChI is InChI=1S/C25H28O2Si/c1-26-23(19-14-8-9-15-19)25(28(2,3)4)24-21-17-11-10-16-20(21)22(27-24)18-12-6-5-7-13-18/h5-7,10-14,16-17H,8-9,15H2,1-4H3/b25-23+. The summed E-state index contributed by atoms with van der Waals surface area (Å²) in [4.78, 5) is 0. The zero-order chi connectivity index (χ0) is 19.7. The Morgan fingerprint density at radius 2 is 1.61 bits per heavy atom. The average molecular weight is 389 g/mol. The molecule has 3 heteroatoms. The van der Waals surface area contributed by atoms with Gasteiger partial charge < -0.3 is 9.15 Å². The van der Waals surface area contributed by atoms with Crippen LogP contribution in [0.2, 0.25) is 19.6 Å². The van der Waals surface area contributed by atoms with Crippen LogP contribution in [0.25, 0.3) is 27.3 Å². The Bertz CT molecular complexity index is 1050. The summed E-state index contributed by atoms with van der Waals surface area (Å²) in [6, 6.07) is 18.9. The Kier molecular flexibility index (Phi) is 5.03. The molecule has 2 nitrogen and oxygen atoms in total. The van der Waals surface area contributed by atoms with Crippen molar-refractivity contribution in [2.45, 2.75) is 38.9 Å². The molecule has 3 aromatic rings. The van der Waals surface area contributed by atoms with Crippen molar-refractivity contribution >= 4 is 24.0 Å². The lowest BCUT2D eigenvalue weighted by Gasteiger charge is -2.24. The summed E-state index contributed by atoms with van der Waals surface area (Å²) >= 11 is 0. The predicted octanol–water partition coefficient (Wildman–Crippen LogP) is 7.45. The van der Waals surface area contributed by atoms with Gasteiger partial charge in [0.1, 0.15) is 17.3 Å². The van der Waals surface area contributed by atoms with Crippen molar-refractivity contribution in [3.05, 3.63) is 77.8 Å². The van der Waals surface area contributed by atoms with Crippen molar-refractivity contribution in [2.24, 2.45) is 0 Å². The molecule has 0 amide bonds. The highest BCUT2D eigenvalue weighted by Gasteiger charge is 2.32. The highest BCUT2D eigenvalue weighted by atomic mass is 28.3. The second-order valence-corrected chi connectivity index (χ2v) is 13.5. The molecular weight excluding hydrogens is 360 g/mol. The summed E-state index contributed by atoms with van der Waals surface area (Å²) in [7, 11) is 0.0396. The van der Waals surface area contributed by atoms with Crippen molar-refractivity contribution in [3.63, 3.8) is 0 Å². The van der Waals surface area contributed by atoms with Crippen LogP contribution >= 0.6 is 0 Å². The molecule has 0 aliphatic heterocycles. The zero-order valence-electron chi connectivity index (χ0n) is 17.2. The van der Waals surface area contributed by atoms with E-state index in [1.165, 1.54) is 22.6 Å². The lowest BCUT2D eigenvalue weighted by atomic mass is 10.1. The van der Waals surface area contributed by atoms with Gasteiger partial charge in [0.25, 0.3) is 0 Å². The smallest absolute Gasteiger partial charge is 0.142 e. The number of fused-ring (bicyclic) bond motifs is 1. The molecule has 1 aliphatic carbocycles. The minimum atomic E-state index is -1.76. The molecule has 0 saturated carbocycles. The molecule has 0 radical (unpaired) electrons. The van der Waals surface area contributed by atoms with Gasteiger partial charge in [0, 0.05) is 21.5 Å². The summed E-state index contributed by atoms with van der Waals surface area (Å²) in [5.74, 6) is 2.96. The number of furan rings is 1. The first-order valence-electron chi connectivity index (χ1n) is 10.1. The van der Waals surface area contributed by atoms with Gasteiger partial charge in [-0.3, -0.25) is 0 Å². The van der Waals surface area contributed by atoms with E-state index in [0.29, 0.717) is 0 Å².